The van der Waals surface area contributed by atoms with E-state index in [1.54, 1.807) is 0 Å². The number of carbonyl (C=O) groups is 2. The Morgan fingerprint density at radius 3 is 1.91 bits per heavy atom. The number of allylic oxidation sites excluding steroid dienone is 1. The molecule has 0 rings (SSSR count). The molecule has 7 heteroatoms. The van der Waals surface area contributed by atoms with E-state index < -0.39 is 6.10 Å². The molecule has 1 amide bonds. The maximum atomic E-state index is 11.9. The molecule has 0 aromatic heterocycles. The molecule has 0 saturated heterocycles. The van der Waals surface area contributed by atoms with Crippen molar-refractivity contribution in [2.75, 3.05) is 33.5 Å². The Bertz CT molecular complexity index is 511. The van der Waals surface area contributed by atoms with Crippen molar-refractivity contribution in [1.29, 1.82) is 0 Å². The van der Waals surface area contributed by atoms with Gasteiger partial charge in [0.05, 0.1) is 25.3 Å². The van der Waals surface area contributed by atoms with Gasteiger partial charge in [-0.15, -0.1) is 0 Å². The summed E-state index contributed by atoms with van der Waals surface area (Å²) in [5.74, 6) is 0.0571. The van der Waals surface area contributed by atoms with E-state index in [1.165, 1.54) is 77.7 Å². The van der Waals surface area contributed by atoms with Crippen LogP contribution in [0.5, 0.6) is 0 Å². The number of unbranched alkanes of at least 4 members (excludes halogenated alkanes) is 12. The fourth-order valence-electron chi connectivity index (χ4n) is 3.59. The molecule has 1 unspecified atom stereocenters. The molecular weight excluding hydrogens is 434 g/mol. The van der Waals surface area contributed by atoms with Crippen LogP contribution in [-0.2, 0) is 23.8 Å². The number of amides is 1. The topological polar surface area (TPSA) is 94.1 Å². The number of hydrogen-bond donors (Lipinski definition) is 2. The Hall–Kier alpha value is -1.60. The lowest BCUT2D eigenvalue weighted by atomic mass is 10.0. The molecule has 0 aliphatic heterocycles. The molecule has 0 saturated carbocycles. The fraction of sp³-hybridized carbons (Fsp3) is 0.852. The van der Waals surface area contributed by atoms with Crippen LogP contribution in [0.15, 0.2) is 12.3 Å². The maximum absolute atomic E-state index is 11.9. The minimum absolute atomic E-state index is 0.00974. The van der Waals surface area contributed by atoms with Crippen molar-refractivity contribution in [3.8, 4) is 0 Å². The summed E-state index contributed by atoms with van der Waals surface area (Å²) in [5, 5.41) is 12.3. The Kier molecular flexibility index (Phi) is 23.4. The van der Waals surface area contributed by atoms with Crippen LogP contribution in [0.2, 0.25) is 0 Å². The van der Waals surface area contributed by atoms with Gasteiger partial charge in [0.15, 0.2) is 0 Å². The lowest BCUT2D eigenvalue weighted by Crippen LogP contribution is -2.27. The number of nitrogens with one attached hydrogen (secondary N) is 1. The molecule has 1 atom stereocenters. The van der Waals surface area contributed by atoms with Crippen LogP contribution in [-0.4, -0.2) is 56.6 Å². The Morgan fingerprint density at radius 2 is 1.35 bits per heavy atom. The van der Waals surface area contributed by atoms with Crippen molar-refractivity contribution >= 4 is 11.9 Å². The largest absolute Gasteiger partial charge is 0.496 e. The van der Waals surface area contributed by atoms with Gasteiger partial charge in [0.2, 0.25) is 5.91 Å². The molecule has 0 aromatic rings. The Morgan fingerprint density at radius 1 is 0.794 bits per heavy atom. The molecule has 0 fully saturated rings. The van der Waals surface area contributed by atoms with Crippen LogP contribution in [0.1, 0.15) is 110 Å². The summed E-state index contributed by atoms with van der Waals surface area (Å²) >= 11 is 0. The van der Waals surface area contributed by atoms with Crippen LogP contribution in [0.25, 0.3) is 0 Å². The SMILES string of the molecule is C=C(CCC(=O)OCCNC(=O)CCCCCCCCCCCCCCC)OCC(O)COC. The first-order valence-corrected chi connectivity index (χ1v) is 13.4. The van der Waals surface area contributed by atoms with Gasteiger partial charge in [-0.1, -0.05) is 90.6 Å². The third-order valence-electron chi connectivity index (χ3n) is 5.64. The molecule has 0 aromatic carbocycles. The standard InChI is InChI=1S/C27H51NO6/c1-4-5-6-7-8-9-10-11-12-13-14-15-16-17-26(30)28-20-21-33-27(31)19-18-24(2)34-23-25(29)22-32-3/h25,29H,2,4-23H2,1,3H3,(H,28,30). The van der Waals surface area contributed by atoms with E-state index in [4.69, 9.17) is 14.2 Å². The molecule has 0 bridgehead atoms. The Balaban J connectivity index is 3.43. The number of ether oxygens (including phenoxy) is 3. The van der Waals surface area contributed by atoms with E-state index in [0.717, 1.165) is 12.8 Å². The van der Waals surface area contributed by atoms with Crippen LogP contribution >= 0.6 is 0 Å². The number of esters is 1. The average Bonchev–Trinajstić information content (AvgIpc) is 2.82. The second-order valence-electron chi connectivity index (χ2n) is 9.02. The molecule has 0 radical (unpaired) electrons. The summed E-state index contributed by atoms with van der Waals surface area (Å²) in [5.41, 5.74) is 0. The maximum Gasteiger partial charge on any atom is 0.306 e. The first-order chi connectivity index (χ1) is 16.5. The highest BCUT2D eigenvalue weighted by Crippen LogP contribution is 2.13. The zero-order valence-electron chi connectivity index (χ0n) is 21.9. The van der Waals surface area contributed by atoms with Gasteiger partial charge >= 0.3 is 5.97 Å². The number of aliphatic hydroxyl groups is 1. The summed E-state index contributed by atoms with van der Waals surface area (Å²) in [6.45, 7) is 6.71. The summed E-state index contributed by atoms with van der Waals surface area (Å²) in [7, 11) is 1.50. The van der Waals surface area contributed by atoms with Gasteiger partial charge in [-0.05, 0) is 6.42 Å². The molecule has 0 heterocycles. The number of hydrogen-bond acceptors (Lipinski definition) is 6. The van der Waals surface area contributed by atoms with Gasteiger partial charge in [0, 0.05) is 20.0 Å². The number of aliphatic hydroxyl groups excluding tert-OH is 1. The van der Waals surface area contributed by atoms with Crippen molar-refractivity contribution < 1.29 is 28.9 Å². The van der Waals surface area contributed by atoms with Crippen molar-refractivity contribution in [1.82, 2.24) is 5.32 Å². The number of carbonyl (C=O) groups excluding carboxylic acids is 2. The molecule has 200 valence electrons. The smallest absolute Gasteiger partial charge is 0.306 e. The summed E-state index contributed by atoms with van der Waals surface area (Å²) in [6, 6.07) is 0. The molecule has 0 spiro atoms. The van der Waals surface area contributed by atoms with E-state index in [0.29, 0.717) is 25.1 Å². The van der Waals surface area contributed by atoms with Crippen LogP contribution in [0.3, 0.4) is 0 Å². The van der Waals surface area contributed by atoms with Crippen molar-refractivity contribution in [2.24, 2.45) is 0 Å². The molecule has 0 aliphatic rings. The highest BCUT2D eigenvalue weighted by molar-refractivity contribution is 5.75. The highest BCUT2D eigenvalue weighted by atomic mass is 16.5. The summed E-state index contributed by atoms with van der Waals surface area (Å²) in [6.07, 6.45) is 17.0. The van der Waals surface area contributed by atoms with Crippen molar-refractivity contribution in [3.63, 3.8) is 0 Å². The molecule has 2 N–H and O–H groups in total. The van der Waals surface area contributed by atoms with E-state index in [2.05, 4.69) is 18.8 Å². The zero-order valence-corrected chi connectivity index (χ0v) is 21.9. The minimum Gasteiger partial charge on any atom is -0.496 e. The predicted octanol–water partition coefficient (Wildman–Crippen LogP) is 5.44. The average molecular weight is 486 g/mol. The third-order valence-corrected chi connectivity index (χ3v) is 5.64. The second-order valence-corrected chi connectivity index (χ2v) is 9.02. The van der Waals surface area contributed by atoms with Gasteiger partial charge in [-0.3, -0.25) is 9.59 Å². The second kappa shape index (κ2) is 24.5. The van der Waals surface area contributed by atoms with Crippen LogP contribution in [0, 0.1) is 0 Å². The lowest BCUT2D eigenvalue weighted by Gasteiger charge is -2.13. The zero-order chi connectivity index (χ0) is 25.3. The number of methoxy groups -OCH3 is 1. The van der Waals surface area contributed by atoms with Crippen molar-refractivity contribution in [2.45, 2.75) is 116 Å². The summed E-state index contributed by atoms with van der Waals surface area (Å²) < 4.78 is 15.2. The normalized spacial score (nSPS) is 11.7. The monoisotopic (exact) mass is 485 g/mol. The molecule has 7 nitrogen and oxygen atoms in total. The van der Waals surface area contributed by atoms with E-state index in [9.17, 15) is 14.7 Å². The van der Waals surface area contributed by atoms with Gasteiger partial charge in [-0.2, -0.15) is 0 Å². The third kappa shape index (κ3) is 23.6. The number of rotatable bonds is 25. The lowest BCUT2D eigenvalue weighted by molar-refractivity contribution is -0.144. The predicted molar refractivity (Wildman–Crippen MR) is 136 cm³/mol. The van der Waals surface area contributed by atoms with Gasteiger partial charge in [-0.25, -0.2) is 0 Å². The van der Waals surface area contributed by atoms with Crippen LogP contribution in [0.4, 0.5) is 0 Å². The van der Waals surface area contributed by atoms with E-state index in [1.807, 2.05) is 0 Å². The highest BCUT2D eigenvalue weighted by Gasteiger charge is 2.08. The van der Waals surface area contributed by atoms with Gasteiger partial charge in [0.1, 0.15) is 19.3 Å². The Labute approximate surface area is 208 Å². The quantitative estimate of drug-likeness (QED) is 0.102. The van der Waals surface area contributed by atoms with Crippen LogP contribution < -0.4 is 5.32 Å². The van der Waals surface area contributed by atoms with E-state index >= 15 is 0 Å². The summed E-state index contributed by atoms with van der Waals surface area (Å²) in [4.78, 5) is 23.6. The first kappa shape index (κ1) is 32.4. The molecule has 0 aliphatic carbocycles. The van der Waals surface area contributed by atoms with Gasteiger partial charge in [0.25, 0.3) is 0 Å². The fourth-order valence-corrected chi connectivity index (χ4v) is 3.59. The first-order valence-electron chi connectivity index (χ1n) is 13.4. The van der Waals surface area contributed by atoms with Gasteiger partial charge < -0.3 is 24.6 Å². The minimum atomic E-state index is -0.725. The molecule has 34 heavy (non-hydrogen) atoms. The van der Waals surface area contributed by atoms with E-state index in [-0.39, 0.29) is 38.1 Å². The van der Waals surface area contributed by atoms with Crippen molar-refractivity contribution in [3.05, 3.63) is 12.3 Å². The molecular formula is C27H51NO6.